The van der Waals surface area contributed by atoms with Gasteiger partial charge in [0.25, 0.3) is 0 Å². The number of aryl methyl sites for hydroxylation is 1. The number of piperidine rings is 1. The quantitative estimate of drug-likeness (QED) is 0.533. The van der Waals surface area contributed by atoms with Gasteiger partial charge in [0.1, 0.15) is 5.75 Å². The zero-order valence-electron chi connectivity index (χ0n) is 15.2. The molecule has 140 valence electrons. The lowest BCUT2D eigenvalue weighted by atomic mass is 9.91. The van der Waals surface area contributed by atoms with Crippen LogP contribution in [0.5, 0.6) is 5.75 Å². The van der Waals surface area contributed by atoms with Gasteiger partial charge in [0.05, 0.1) is 18.9 Å². The maximum absolute atomic E-state index is 11.0. The minimum Gasteiger partial charge on any atom is -0.494 e. The molecular formula is C19H26N4O3. The van der Waals surface area contributed by atoms with E-state index < -0.39 is 0 Å². The van der Waals surface area contributed by atoms with Gasteiger partial charge in [-0.15, -0.1) is 4.68 Å². The molecule has 7 heteroatoms. The number of benzene rings is 1. The van der Waals surface area contributed by atoms with Crippen LogP contribution >= 0.6 is 0 Å². The molecule has 7 nitrogen and oxygen atoms in total. The molecule has 1 aromatic heterocycles. The average molecular weight is 358 g/mol. The van der Waals surface area contributed by atoms with Crippen LogP contribution < -0.4 is 4.74 Å². The van der Waals surface area contributed by atoms with Crippen LogP contribution in [0.4, 0.5) is 5.82 Å². The lowest BCUT2D eigenvalue weighted by Crippen LogP contribution is -2.35. The SMILES string of the molecule is CCOc1ccc(CCC2CCN(Cn3nccc3[N+](=O)[O-])CC2)cc1. The van der Waals surface area contributed by atoms with E-state index in [4.69, 9.17) is 4.74 Å². The van der Waals surface area contributed by atoms with Crippen molar-refractivity contribution in [3.05, 3.63) is 52.2 Å². The fraction of sp³-hybridized carbons (Fsp3) is 0.526. The van der Waals surface area contributed by atoms with Gasteiger partial charge in [-0.05, 0) is 61.1 Å². The number of nitrogens with zero attached hydrogens (tertiary/aromatic N) is 4. The topological polar surface area (TPSA) is 73.4 Å². The second-order valence-electron chi connectivity index (χ2n) is 6.76. The fourth-order valence-electron chi connectivity index (χ4n) is 3.49. The summed E-state index contributed by atoms with van der Waals surface area (Å²) in [5.41, 5.74) is 1.35. The minimum atomic E-state index is -0.378. The zero-order valence-corrected chi connectivity index (χ0v) is 15.2. The van der Waals surface area contributed by atoms with Gasteiger partial charge in [-0.1, -0.05) is 17.2 Å². The molecule has 1 fully saturated rings. The number of rotatable bonds is 8. The first-order chi connectivity index (χ1) is 12.7. The van der Waals surface area contributed by atoms with E-state index in [1.165, 1.54) is 28.9 Å². The van der Waals surface area contributed by atoms with Gasteiger partial charge < -0.3 is 14.9 Å². The van der Waals surface area contributed by atoms with E-state index in [0.717, 1.165) is 38.1 Å². The Morgan fingerprint density at radius 1 is 1.23 bits per heavy atom. The van der Waals surface area contributed by atoms with Crippen LogP contribution in [-0.2, 0) is 13.1 Å². The molecule has 0 aliphatic carbocycles. The molecule has 0 unspecified atom stereocenters. The Labute approximate surface area is 153 Å². The van der Waals surface area contributed by atoms with Crippen molar-refractivity contribution < 1.29 is 9.66 Å². The third-order valence-electron chi connectivity index (χ3n) is 5.00. The second kappa shape index (κ2) is 8.80. The first-order valence-corrected chi connectivity index (χ1v) is 9.26. The molecule has 0 N–H and O–H groups in total. The van der Waals surface area contributed by atoms with Crippen molar-refractivity contribution in [2.24, 2.45) is 5.92 Å². The zero-order chi connectivity index (χ0) is 18.4. The van der Waals surface area contributed by atoms with Crippen molar-refractivity contribution in [2.75, 3.05) is 19.7 Å². The molecule has 2 aromatic rings. The summed E-state index contributed by atoms with van der Waals surface area (Å²) >= 11 is 0. The number of hydrogen-bond acceptors (Lipinski definition) is 5. The molecule has 0 radical (unpaired) electrons. The average Bonchev–Trinajstić information content (AvgIpc) is 3.11. The largest absolute Gasteiger partial charge is 0.494 e. The normalized spacial score (nSPS) is 15.9. The first kappa shape index (κ1) is 18.4. The van der Waals surface area contributed by atoms with Crippen LogP contribution in [0, 0.1) is 16.0 Å². The smallest absolute Gasteiger partial charge is 0.346 e. The van der Waals surface area contributed by atoms with Gasteiger partial charge in [0.15, 0.2) is 6.67 Å². The predicted molar refractivity (Wildman–Crippen MR) is 99.1 cm³/mol. The number of hydrogen-bond donors (Lipinski definition) is 0. The van der Waals surface area contributed by atoms with E-state index in [9.17, 15) is 10.1 Å². The van der Waals surface area contributed by atoms with Gasteiger partial charge >= 0.3 is 5.82 Å². The summed E-state index contributed by atoms with van der Waals surface area (Å²) in [7, 11) is 0. The van der Waals surface area contributed by atoms with Crippen molar-refractivity contribution in [1.29, 1.82) is 0 Å². The van der Waals surface area contributed by atoms with Crippen LogP contribution in [0.25, 0.3) is 0 Å². The van der Waals surface area contributed by atoms with Crippen molar-refractivity contribution in [3.8, 4) is 5.75 Å². The Kier molecular flexibility index (Phi) is 6.22. The maximum atomic E-state index is 11.0. The molecule has 2 heterocycles. The van der Waals surface area contributed by atoms with Gasteiger partial charge in [-0.2, -0.15) is 0 Å². The molecule has 1 saturated heterocycles. The predicted octanol–water partition coefficient (Wildman–Crippen LogP) is 3.49. The number of likely N-dealkylation sites (tertiary alicyclic amines) is 1. The Hall–Kier alpha value is -2.41. The van der Waals surface area contributed by atoms with Crippen molar-refractivity contribution in [1.82, 2.24) is 14.7 Å². The number of ether oxygens (including phenoxy) is 1. The molecule has 0 amide bonds. The van der Waals surface area contributed by atoms with E-state index in [-0.39, 0.29) is 10.7 Å². The summed E-state index contributed by atoms with van der Waals surface area (Å²) in [6, 6.07) is 9.83. The minimum absolute atomic E-state index is 0.0580. The highest BCUT2D eigenvalue weighted by Crippen LogP contribution is 2.24. The van der Waals surface area contributed by atoms with Crippen molar-refractivity contribution in [2.45, 2.75) is 39.3 Å². The molecule has 0 spiro atoms. The summed E-state index contributed by atoms with van der Waals surface area (Å²) < 4.78 is 6.95. The summed E-state index contributed by atoms with van der Waals surface area (Å²) in [5, 5.41) is 15.0. The molecule has 0 saturated carbocycles. The number of nitro groups is 1. The second-order valence-corrected chi connectivity index (χ2v) is 6.76. The van der Waals surface area contributed by atoms with Gasteiger partial charge in [-0.3, -0.25) is 4.90 Å². The Balaban J connectivity index is 1.42. The highest BCUT2D eigenvalue weighted by atomic mass is 16.6. The van der Waals surface area contributed by atoms with E-state index >= 15 is 0 Å². The molecule has 0 atom stereocenters. The number of aromatic nitrogens is 2. The molecule has 0 bridgehead atoms. The lowest BCUT2D eigenvalue weighted by Gasteiger charge is -2.30. The molecular weight excluding hydrogens is 332 g/mol. The van der Waals surface area contributed by atoms with Gasteiger partial charge in [0.2, 0.25) is 0 Å². The summed E-state index contributed by atoms with van der Waals surface area (Å²) in [5.74, 6) is 1.70. The van der Waals surface area contributed by atoms with E-state index in [1.54, 1.807) is 0 Å². The van der Waals surface area contributed by atoms with Crippen LogP contribution in [0.1, 0.15) is 31.7 Å². The van der Waals surface area contributed by atoms with Crippen molar-refractivity contribution in [3.63, 3.8) is 0 Å². The lowest BCUT2D eigenvalue weighted by molar-refractivity contribution is -0.393. The van der Waals surface area contributed by atoms with Crippen molar-refractivity contribution >= 4 is 5.82 Å². The van der Waals surface area contributed by atoms with E-state index in [0.29, 0.717) is 19.2 Å². The van der Waals surface area contributed by atoms with Crippen LogP contribution in [0.3, 0.4) is 0 Å². The molecule has 1 aliphatic heterocycles. The van der Waals surface area contributed by atoms with Crippen LogP contribution in [0.2, 0.25) is 0 Å². The molecule has 3 rings (SSSR count). The Bertz CT molecular complexity index is 706. The van der Waals surface area contributed by atoms with E-state index in [1.807, 2.05) is 19.1 Å². The Morgan fingerprint density at radius 3 is 2.62 bits per heavy atom. The highest BCUT2D eigenvalue weighted by molar-refractivity contribution is 5.27. The van der Waals surface area contributed by atoms with Gasteiger partial charge in [-0.25, -0.2) is 0 Å². The summed E-state index contributed by atoms with van der Waals surface area (Å²) in [6.45, 7) is 5.11. The first-order valence-electron chi connectivity index (χ1n) is 9.26. The van der Waals surface area contributed by atoms with Gasteiger partial charge in [0, 0.05) is 13.1 Å². The Morgan fingerprint density at radius 2 is 1.96 bits per heavy atom. The third-order valence-corrected chi connectivity index (χ3v) is 5.00. The summed E-state index contributed by atoms with van der Waals surface area (Å²) in [6.07, 6.45) is 6.02. The third kappa shape index (κ3) is 4.82. The van der Waals surface area contributed by atoms with E-state index in [2.05, 4.69) is 22.1 Å². The summed E-state index contributed by atoms with van der Waals surface area (Å²) in [4.78, 5) is 12.8. The molecule has 26 heavy (non-hydrogen) atoms. The molecule has 1 aliphatic rings. The monoisotopic (exact) mass is 358 g/mol. The van der Waals surface area contributed by atoms with Crippen LogP contribution in [0.15, 0.2) is 36.5 Å². The standard InChI is InChI=1S/C19H26N4O3/c1-2-26-18-7-5-16(6-8-18)3-4-17-10-13-21(14-11-17)15-22-19(23(24)25)9-12-20-22/h5-9,12,17H,2-4,10-11,13-15H2,1H3. The highest BCUT2D eigenvalue weighted by Gasteiger charge is 2.23. The fourth-order valence-corrected chi connectivity index (χ4v) is 3.49. The molecule has 1 aromatic carbocycles. The van der Waals surface area contributed by atoms with Crippen LogP contribution in [-0.4, -0.2) is 39.3 Å². The maximum Gasteiger partial charge on any atom is 0.346 e.